The predicted molar refractivity (Wildman–Crippen MR) is 179 cm³/mol. The standard InChI is InChI=1S/C39H51NO5/c1-2-3-4-18-27-35(41)28-19-7-5-6-8-20-29-36(42)38(30-44-37(43)40-38)31-45-39(32-21-12-9-13-22-32,33-23-14-10-15-24-33)34-25-16-11-17-26-34/h9-17,21-26,36,42H,2-8,18-20,27-31H2,1H3,(H,40,43)/t36-,38-/m1/s1. The second-order valence-electron chi connectivity index (χ2n) is 12.5. The van der Waals surface area contributed by atoms with Crippen molar-refractivity contribution in [3.05, 3.63) is 108 Å². The van der Waals surface area contributed by atoms with Crippen LogP contribution in [0.5, 0.6) is 0 Å². The molecule has 6 heteroatoms. The van der Waals surface area contributed by atoms with Crippen molar-refractivity contribution in [3.63, 3.8) is 0 Å². The lowest BCUT2D eigenvalue weighted by molar-refractivity contribution is -0.119. The Morgan fingerprint density at radius 2 is 1.24 bits per heavy atom. The molecule has 0 aliphatic carbocycles. The van der Waals surface area contributed by atoms with Crippen LogP contribution in [-0.2, 0) is 19.9 Å². The van der Waals surface area contributed by atoms with Gasteiger partial charge in [0.15, 0.2) is 0 Å². The number of rotatable bonds is 21. The van der Waals surface area contributed by atoms with Crippen LogP contribution in [0.15, 0.2) is 91.0 Å². The SMILES string of the molecule is CCCCCCC(=O)CCCCCCCC[C@@H](O)[C@]1(COC(c2ccccc2)(c2ccccc2)c2ccccc2)COC(=O)N1. The molecule has 1 aliphatic rings. The van der Waals surface area contributed by atoms with Gasteiger partial charge in [0.05, 0.1) is 12.7 Å². The smallest absolute Gasteiger partial charge is 0.407 e. The number of ketones is 1. The number of ether oxygens (including phenoxy) is 2. The van der Waals surface area contributed by atoms with E-state index in [9.17, 15) is 14.7 Å². The number of cyclic esters (lactones) is 1. The van der Waals surface area contributed by atoms with E-state index in [0.717, 1.165) is 74.5 Å². The van der Waals surface area contributed by atoms with Gasteiger partial charge in [0, 0.05) is 12.8 Å². The largest absolute Gasteiger partial charge is 0.447 e. The number of unbranched alkanes of at least 4 members (excludes halogenated alkanes) is 8. The maximum absolute atomic E-state index is 12.4. The number of alkyl carbamates (subject to hydrolysis) is 1. The average molecular weight is 614 g/mol. The second-order valence-corrected chi connectivity index (χ2v) is 12.5. The molecule has 0 unspecified atom stereocenters. The van der Waals surface area contributed by atoms with Gasteiger partial charge < -0.3 is 19.9 Å². The van der Waals surface area contributed by atoms with Gasteiger partial charge in [0.1, 0.15) is 23.5 Å². The Kier molecular flexibility index (Phi) is 13.7. The van der Waals surface area contributed by atoms with E-state index >= 15 is 0 Å². The molecular formula is C39H51NO5. The molecule has 0 radical (unpaired) electrons. The fourth-order valence-corrected chi connectivity index (χ4v) is 6.35. The first-order valence-electron chi connectivity index (χ1n) is 17.0. The number of nitrogens with one attached hydrogen (secondary N) is 1. The van der Waals surface area contributed by atoms with Crippen LogP contribution in [0.3, 0.4) is 0 Å². The maximum atomic E-state index is 12.4. The zero-order valence-corrected chi connectivity index (χ0v) is 26.9. The summed E-state index contributed by atoms with van der Waals surface area (Å²) in [6.45, 7) is 2.28. The van der Waals surface area contributed by atoms with E-state index in [0.29, 0.717) is 18.6 Å². The number of hydrogen-bond donors (Lipinski definition) is 2. The van der Waals surface area contributed by atoms with Crippen molar-refractivity contribution in [2.75, 3.05) is 13.2 Å². The van der Waals surface area contributed by atoms with Crippen LogP contribution in [0.4, 0.5) is 4.79 Å². The number of amides is 1. The number of benzene rings is 3. The van der Waals surface area contributed by atoms with Crippen LogP contribution < -0.4 is 5.32 Å². The highest BCUT2D eigenvalue weighted by Gasteiger charge is 2.49. The highest BCUT2D eigenvalue weighted by molar-refractivity contribution is 5.78. The normalized spacial score (nSPS) is 17.1. The van der Waals surface area contributed by atoms with Crippen LogP contribution in [0.1, 0.15) is 107 Å². The minimum absolute atomic E-state index is 0.0356. The van der Waals surface area contributed by atoms with Crippen molar-refractivity contribution in [1.29, 1.82) is 0 Å². The quantitative estimate of drug-likeness (QED) is 0.0930. The van der Waals surface area contributed by atoms with Gasteiger partial charge >= 0.3 is 6.09 Å². The molecule has 0 spiro atoms. The first-order chi connectivity index (χ1) is 22.0. The van der Waals surface area contributed by atoms with Crippen molar-refractivity contribution >= 4 is 11.9 Å². The van der Waals surface area contributed by atoms with Crippen LogP contribution in [0, 0.1) is 0 Å². The molecule has 2 N–H and O–H groups in total. The molecule has 45 heavy (non-hydrogen) atoms. The summed E-state index contributed by atoms with van der Waals surface area (Å²) in [5.74, 6) is 0.401. The Hall–Kier alpha value is -3.48. The van der Waals surface area contributed by atoms with Gasteiger partial charge in [-0.15, -0.1) is 0 Å². The molecule has 2 atom stereocenters. The highest BCUT2D eigenvalue weighted by atomic mass is 16.6. The van der Waals surface area contributed by atoms with Crippen molar-refractivity contribution < 1.29 is 24.2 Å². The predicted octanol–water partition coefficient (Wildman–Crippen LogP) is 8.49. The van der Waals surface area contributed by atoms with Crippen molar-refractivity contribution in [3.8, 4) is 0 Å². The lowest BCUT2D eigenvalue weighted by Gasteiger charge is -2.40. The first kappa shape index (κ1) is 34.4. The molecule has 1 heterocycles. The molecule has 1 aliphatic heterocycles. The zero-order valence-electron chi connectivity index (χ0n) is 26.9. The van der Waals surface area contributed by atoms with E-state index in [1.54, 1.807) is 0 Å². The molecule has 1 amide bonds. The van der Waals surface area contributed by atoms with Gasteiger partial charge in [-0.05, 0) is 36.0 Å². The van der Waals surface area contributed by atoms with Crippen molar-refractivity contribution in [1.82, 2.24) is 5.32 Å². The van der Waals surface area contributed by atoms with Crippen molar-refractivity contribution in [2.24, 2.45) is 0 Å². The molecule has 0 saturated carbocycles. The third kappa shape index (κ3) is 9.51. The van der Waals surface area contributed by atoms with E-state index in [4.69, 9.17) is 9.47 Å². The molecule has 6 nitrogen and oxygen atoms in total. The Labute approximate surface area is 269 Å². The first-order valence-corrected chi connectivity index (χ1v) is 17.0. The van der Waals surface area contributed by atoms with E-state index in [1.165, 1.54) is 12.8 Å². The number of hydrogen-bond acceptors (Lipinski definition) is 5. The molecule has 3 aromatic rings. The summed E-state index contributed by atoms with van der Waals surface area (Å²) >= 11 is 0. The Balaban J connectivity index is 1.37. The molecule has 4 rings (SSSR count). The average Bonchev–Trinajstić information content (AvgIpc) is 3.47. The summed E-state index contributed by atoms with van der Waals surface area (Å²) in [5, 5.41) is 14.4. The topological polar surface area (TPSA) is 84.9 Å². The van der Waals surface area contributed by atoms with Gasteiger partial charge in [-0.1, -0.05) is 149 Å². The minimum Gasteiger partial charge on any atom is -0.447 e. The number of aliphatic hydroxyl groups excluding tert-OH is 1. The van der Waals surface area contributed by atoms with Gasteiger partial charge in [0.25, 0.3) is 0 Å². The highest BCUT2D eigenvalue weighted by Crippen LogP contribution is 2.41. The van der Waals surface area contributed by atoms with Gasteiger partial charge in [-0.25, -0.2) is 4.79 Å². The summed E-state index contributed by atoms with van der Waals surface area (Å²) in [5.41, 5.74) is 0.820. The Morgan fingerprint density at radius 3 is 1.71 bits per heavy atom. The number of aliphatic hydroxyl groups is 1. The number of carbonyl (C=O) groups is 2. The lowest BCUT2D eigenvalue weighted by Crippen LogP contribution is -2.58. The molecule has 242 valence electrons. The Morgan fingerprint density at radius 1 is 0.778 bits per heavy atom. The van der Waals surface area contributed by atoms with Crippen LogP contribution in [0.25, 0.3) is 0 Å². The summed E-state index contributed by atoms with van der Waals surface area (Å²) in [6.07, 6.45) is 11.1. The minimum atomic E-state index is -1.07. The fourth-order valence-electron chi connectivity index (χ4n) is 6.35. The van der Waals surface area contributed by atoms with E-state index < -0.39 is 23.3 Å². The number of Topliss-reactive ketones (excluding diaryl/α,β-unsaturated/α-hetero) is 1. The molecule has 1 saturated heterocycles. The zero-order chi connectivity index (χ0) is 31.8. The van der Waals surface area contributed by atoms with Gasteiger partial charge in [0.2, 0.25) is 0 Å². The summed E-state index contributed by atoms with van der Waals surface area (Å²) in [4.78, 5) is 24.5. The van der Waals surface area contributed by atoms with Crippen LogP contribution >= 0.6 is 0 Å². The van der Waals surface area contributed by atoms with Gasteiger partial charge in [-0.3, -0.25) is 4.79 Å². The lowest BCUT2D eigenvalue weighted by atomic mass is 9.79. The fraction of sp³-hybridized carbons (Fsp3) is 0.487. The number of carbonyl (C=O) groups excluding carboxylic acids is 2. The van der Waals surface area contributed by atoms with Gasteiger partial charge in [-0.2, -0.15) is 0 Å². The third-order valence-corrected chi connectivity index (χ3v) is 9.03. The van der Waals surface area contributed by atoms with E-state index in [2.05, 4.69) is 48.6 Å². The van der Waals surface area contributed by atoms with E-state index in [1.807, 2.05) is 54.6 Å². The van der Waals surface area contributed by atoms with Crippen molar-refractivity contribution in [2.45, 2.75) is 108 Å². The summed E-state index contributed by atoms with van der Waals surface area (Å²) in [6, 6.07) is 30.2. The van der Waals surface area contributed by atoms with Crippen LogP contribution in [0.2, 0.25) is 0 Å². The van der Waals surface area contributed by atoms with E-state index in [-0.39, 0.29) is 13.2 Å². The molecule has 0 aromatic heterocycles. The maximum Gasteiger partial charge on any atom is 0.407 e. The molecule has 0 bridgehead atoms. The molecular weight excluding hydrogens is 562 g/mol. The summed E-state index contributed by atoms with van der Waals surface area (Å²) in [7, 11) is 0. The third-order valence-electron chi connectivity index (χ3n) is 9.03. The molecule has 3 aromatic carbocycles. The monoisotopic (exact) mass is 613 g/mol. The summed E-state index contributed by atoms with van der Waals surface area (Å²) < 4.78 is 12.4. The molecule has 1 fully saturated rings. The Bertz CT molecular complexity index is 1190. The van der Waals surface area contributed by atoms with Crippen LogP contribution in [-0.4, -0.2) is 41.8 Å². The second kappa shape index (κ2) is 17.9.